The molecule has 0 bridgehead atoms. The van der Waals surface area contributed by atoms with Crippen molar-refractivity contribution in [2.75, 3.05) is 79.7 Å². The Balaban J connectivity index is 0.000000143. The molecule has 6 fully saturated rings. The van der Waals surface area contributed by atoms with Gasteiger partial charge in [0.15, 0.2) is 52.2 Å². The van der Waals surface area contributed by atoms with Crippen LogP contribution in [0.1, 0.15) is 87.2 Å². The molecule has 576 valence electrons. The van der Waals surface area contributed by atoms with Crippen LogP contribution in [0.4, 0.5) is 17.8 Å². The van der Waals surface area contributed by atoms with Crippen LogP contribution in [0.5, 0.6) is 17.6 Å². The molecule has 42 nitrogen and oxygen atoms in total. The molecule has 6 aliphatic rings. The Morgan fingerprint density at radius 2 is 0.704 bits per heavy atom. The van der Waals surface area contributed by atoms with Crippen molar-refractivity contribution in [3.05, 3.63) is 125 Å². The number of nitrogen functional groups attached to an aromatic ring is 3. The van der Waals surface area contributed by atoms with Gasteiger partial charge in [0.1, 0.15) is 53.4 Å². The van der Waals surface area contributed by atoms with Gasteiger partial charge in [-0.15, -0.1) is 0 Å². The first kappa shape index (κ1) is 76.8. The average molecular weight is 1560 g/mol. The van der Waals surface area contributed by atoms with Gasteiger partial charge in [-0.1, -0.05) is 54.6 Å². The molecule has 45 heteroatoms. The number of anilines is 3. The first-order chi connectivity index (χ1) is 51.5. The van der Waals surface area contributed by atoms with Crippen molar-refractivity contribution in [2.24, 2.45) is 0 Å². The lowest BCUT2D eigenvalue weighted by Gasteiger charge is -2.35. The first-order valence-corrected chi connectivity index (χ1v) is 36.8. The highest BCUT2D eigenvalue weighted by Crippen LogP contribution is 2.62. The second-order valence-electron chi connectivity index (χ2n) is 25.1. The molecular formula is C63H72N15O27P3. The largest absolute Gasteiger partial charge is 0.479 e. The highest BCUT2D eigenvalue weighted by Gasteiger charge is 2.63. The Morgan fingerprint density at radius 1 is 0.444 bits per heavy atom. The minimum Gasteiger partial charge on any atom is -0.479 e. The van der Waals surface area contributed by atoms with Crippen LogP contribution in [0.3, 0.4) is 0 Å². The van der Waals surface area contributed by atoms with Crippen LogP contribution in [-0.2, 0) is 103 Å². The molecule has 108 heavy (non-hydrogen) atoms. The van der Waals surface area contributed by atoms with Crippen LogP contribution in [0.2, 0.25) is 0 Å². The SMILES string of the molecule is COC(=O)c1ccccc1COP1(=O)OC[C@H]2O[C@@H](n3cnc4c(OC)nc(N)nc43)[C@](C)(O)[C@@H]2O1.COC(=O)c1ccccc1CO[P@@]1(=O)OC[C@H]2O[C@@H](n3cnc4c(OC)nc(N)nc43)[C@](C)(O)[C@@H]2O1.COC(=O)c1ccccc1CO[P@]1(=O)OC[C@H]2O[C@@H](n3cnc4c(OC)nc(N)nc43)[C@](C)(O)[C@@H]2O1. The van der Waals surface area contributed by atoms with Crippen molar-refractivity contribution in [3.63, 3.8) is 0 Å². The Hall–Kier alpha value is -9.39. The zero-order valence-corrected chi connectivity index (χ0v) is 61.4. The van der Waals surface area contributed by atoms with Crippen molar-refractivity contribution in [1.82, 2.24) is 58.6 Å². The number of phosphoric acid groups is 3. The van der Waals surface area contributed by atoms with E-state index in [0.29, 0.717) is 33.2 Å². The Labute approximate surface area is 611 Å². The van der Waals surface area contributed by atoms with E-state index >= 15 is 0 Å². The van der Waals surface area contributed by atoms with Gasteiger partial charge < -0.3 is 75.2 Å². The van der Waals surface area contributed by atoms with Gasteiger partial charge in [-0.25, -0.2) is 43.0 Å². The Morgan fingerprint density at radius 3 is 0.954 bits per heavy atom. The number of esters is 3. The molecular weight excluding hydrogens is 1490 g/mol. The molecule has 15 atom stereocenters. The molecule has 3 aromatic carbocycles. The predicted molar refractivity (Wildman–Crippen MR) is 365 cm³/mol. The van der Waals surface area contributed by atoms with Gasteiger partial charge in [-0.2, -0.15) is 29.9 Å². The fourth-order valence-corrected chi connectivity index (χ4v) is 17.2. The summed E-state index contributed by atoms with van der Waals surface area (Å²) in [6.07, 6.45) is -4.55. The highest BCUT2D eigenvalue weighted by atomic mass is 31.2. The predicted octanol–water partition coefficient (Wildman–Crippen LogP) is 4.78. The Kier molecular flexibility index (Phi) is 21.5. The first-order valence-electron chi connectivity index (χ1n) is 32.5. The minimum absolute atomic E-state index is 0.0547. The second-order valence-corrected chi connectivity index (χ2v) is 29.9. The van der Waals surface area contributed by atoms with E-state index in [9.17, 15) is 43.4 Å². The van der Waals surface area contributed by atoms with Gasteiger partial charge in [-0.05, 0) is 55.7 Å². The monoisotopic (exact) mass is 1560 g/mol. The number of phosphoric ester groups is 3. The molecule has 12 heterocycles. The number of fused-ring (bicyclic) bond motifs is 6. The molecule has 6 aliphatic heterocycles. The number of carbonyl (C=O) groups excluding carboxylic acids is 3. The molecule has 0 spiro atoms. The average Bonchev–Trinajstić information content (AvgIpc) is 1.59. The summed E-state index contributed by atoms with van der Waals surface area (Å²) in [6.45, 7) is 3.10. The number of nitrogens with two attached hydrogens (primary N) is 3. The molecule has 6 aromatic heterocycles. The van der Waals surface area contributed by atoms with Crippen LogP contribution in [-0.4, -0.2) is 208 Å². The molecule has 15 rings (SSSR count). The number of methoxy groups -OCH3 is 6. The van der Waals surface area contributed by atoms with E-state index in [1.165, 1.54) is 96.1 Å². The number of imidazole rings is 3. The van der Waals surface area contributed by atoms with E-state index in [0.717, 1.165) is 0 Å². The van der Waals surface area contributed by atoms with Gasteiger partial charge in [0.2, 0.25) is 35.5 Å². The van der Waals surface area contributed by atoms with Crippen LogP contribution in [0.25, 0.3) is 33.5 Å². The number of rotatable bonds is 18. The fraction of sp³-hybridized carbons (Fsp3) is 0.429. The lowest BCUT2D eigenvalue weighted by Crippen LogP contribution is -2.47. The zero-order chi connectivity index (χ0) is 77.0. The number of ether oxygens (including phenoxy) is 9. The third-order valence-corrected chi connectivity index (χ3v) is 22.2. The van der Waals surface area contributed by atoms with Gasteiger partial charge >= 0.3 is 41.4 Å². The topological polar surface area (TPSA) is 538 Å². The van der Waals surface area contributed by atoms with E-state index in [4.69, 9.17) is 101 Å². The molecule has 0 saturated carbocycles. The summed E-state index contributed by atoms with van der Waals surface area (Å²) < 4.78 is 142. The molecule has 9 N–H and O–H groups in total. The van der Waals surface area contributed by atoms with Crippen LogP contribution < -0.4 is 31.4 Å². The van der Waals surface area contributed by atoms with Crippen molar-refractivity contribution in [2.45, 2.75) is 113 Å². The number of aliphatic hydroxyl groups is 3. The normalized spacial score (nSPS) is 29.7. The molecule has 0 amide bonds. The lowest BCUT2D eigenvalue weighted by atomic mass is 9.96. The minimum atomic E-state index is -4.14. The third kappa shape index (κ3) is 14.6. The molecule has 0 radical (unpaired) electrons. The number of aromatic nitrogens is 12. The second kappa shape index (κ2) is 30.2. The van der Waals surface area contributed by atoms with E-state index in [1.54, 1.807) is 72.8 Å². The number of hydrogen-bond acceptors (Lipinski definition) is 39. The van der Waals surface area contributed by atoms with Gasteiger partial charge in [0.25, 0.3) is 0 Å². The summed E-state index contributed by atoms with van der Waals surface area (Å²) in [6, 6.07) is 19.6. The number of benzene rings is 3. The third-order valence-electron chi connectivity index (χ3n) is 18.0. The smallest absolute Gasteiger partial charge is 0.475 e. The molecule has 9 aromatic rings. The van der Waals surface area contributed by atoms with Crippen molar-refractivity contribution in [1.29, 1.82) is 0 Å². The lowest BCUT2D eigenvalue weighted by molar-refractivity contribution is -0.0911. The van der Waals surface area contributed by atoms with E-state index < -0.39 is 113 Å². The summed E-state index contributed by atoms with van der Waals surface area (Å²) in [4.78, 5) is 73.4. The maximum Gasteiger partial charge on any atom is 0.475 e. The molecule has 0 aliphatic carbocycles. The Bertz CT molecular complexity index is 4580. The van der Waals surface area contributed by atoms with E-state index in [-0.39, 0.29) is 109 Å². The van der Waals surface area contributed by atoms with Crippen molar-refractivity contribution < 1.29 is 127 Å². The quantitative estimate of drug-likeness (QED) is 0.0382. The maximum absolute atomic E-state index is 13.3. The number of hydrogen-bond donors (Lipinski definition) is 6. The van der Waals surface area contributed by atoms with Crippen molar-refractivity contribution in [3.8, 4) is 17.6 Å². The summed E-state index contributed by atoms with van der Waals surface area (Å²) in [5.41, 5.74) is 16.0. The number of nitrogens with zero attached hydrogens (tertiary/aromatic N) is 12. The van der Waals surface area contributed by atoms with Gasteiger partial charge in [-0.3, -0.25) is 54.4 Å². The maximum atomic E-state index is 13.3. The van der Waals surface area contributed by atoms with Gasteiger partial charge in [0.05, 0.1) is 118 Å². The van der Waals surface area contributed by atoms with E-state index in [2.05, 4.69) is 44.9 Å². The zero-order valence-electron chi connectivity index (χ0n) is 58.7. The standard InChI is InChI=1S/3C21H24N5O9P/c3*1-21(28)15-13(34-19(21)26-10-23-14-16(26)24-20(22)25-17(14)30-2)9-33-36(29,35-15)32-8-11-6-4-5-7-12(11)18(27)31-3/h3*4-7,10,13,15,19,28H,8-9H2,1-3H3,(H2,22,24,25)/t13-,15-,19-,21-,36?;13-,15-,19-,21-,36+;13-,15-,19-,21-,36-/m111/s1. The summed E-state index contributed by atoms with van der Waals surface area (Å²) >= 11 is 0. The van der Waals surface area contributed by atoms with Crippen LogP contribution >= 0.6 is 23.5 Å². The summed E-state index contributed by atoms with van der Waals surface area (Å²) in [7, 11) is -4.39. The van der Waals surface area contributed by atoms with Crippen molar-refractivity contribution >= 4 is 92.7 Å². The van der Waals surface area contributed by atoms with Crippen LogP contribution in [0, 0.1) is 0 Å². The molecule has 6 saturated heterocycles. The summed E-state index contributed by atoms with van der Waals surface area (Å²) in [5.74, 6) is -1.38. The fourth-order valence-electron chi connectivity index (χ4n) is 12.8. The number of carbonyl (C=O) groups is 3. The summed E-state index contributed by atoms with van der Waals surface area (Å²) in [5, 5.41) is 34.3. The van der Waals surface area contributed by atoms with Crippen LogP contribution in [0.15, 0.2) is 91.8 Å². The van der Waals surface area contributed by atoms with E-state index in [1.807, 2.05) is 0 Å². The highest BCUT2D eigenvalue weighted by molar-refractivity contribution is 7.49. The van der Waals surface area contributed by atoms with Gasteiger partial charge in [0, 0.05) is 0 Å². The molecule has 1 unspecified atom stereocenters.